The predicted octanol–water partition coefficient (Wildman–Crippen LogP) is 2.36. The molecule has 1 unspecified atom stereocenters. The quantitative estimate of drug-likeness (QED) is 0.817. The molecule has 0 spiro atoms. The highest BCUT2D eigenvalue weighted by molar-refractivity contribution is 5.91. The number of amidine groups is 1. The highest BCUT2D eigenvalue weighted by Crippen LogP contribution is 2.36. The highest BCUT2D eigenvalue weighted by Gasteiger charge is 2.45. The molecule has 0 radical (unpaired) electrons. The zero-order valence-electron chi connectivity index (χ0n) is 12.4. The van der Waals surface area contributed by atoms with Crippen LogP contribution in [0.5, 0.6) is 11.5 Å². The number of para-hydroxylation sites is 2. The molecular weight excluding hydrogens is 268 g/mol. The van der Waals surface area contributed by atoms with Crippen molar-refractivity contribution in [2.45, 2.75) is 32.0 Å². The van der Waals surface area contributed by atoms with E-state index in [1.807, 2.05) is 24.3 Å². The van der Waals surface area contributed by atoms with Gasteiger partial charge in [0.25, 0.3) is 0 Å². The van der Waals surface area contributed by atoms with Crippen LogP contribution in [0.2, 0.25) is 0 Å². The lowest BCUT2D eigenvalue weighted by atomic mass is 10.2. The highest BCUT2D eigenvalue weighted by atomic mass is 16.7. The maximum absolute atomic E-state index is 6.14. The number of benzene rings is 1. The van der Waals surface area contributed by atoms with Gasteiger partial charge < -0.3 is 19.5 Å². The van der Waals surface area contributed by atoms with Crippen molar-refractivity contribution in [3.63, 3.8) is 0 Å². The van der Waals surface area contributed by atoms with Crippen LogP contribution < -0.4 is 14.8 Å². The third-order valence-corrected chi connectivity index (χ3v) is 3.66. The number of nitrogens with zero attached hydrogens (tertiary/aromatic N) is 1. The van der Waals surface area contributed by atoms with E-state index in [9.17, 15) is 0 Å². The van der Waals surface area contributed by atoms with E-state index in [1.165, 1.54) is 0 Å². The van der Waals surface area contributed by atoms with Crippen LogP contribution in [0.1, 0.15) is 26.2 Å². The topological polar surface area (TPSA) is 52.1 Å². The van der Waals surface area contributed by atoms with Crippen molar-refractivity contribution < 1.29 is 14.2 Å². The van der Waals surface area contributed by atoms with Crippen molar-refractivity contribution in [1.82, 2.24) is 5.32 Å². The Hall–Kier alpha value is -1.75. The molecule has 5 heteroatoms. The lowest BCUT2D eigenvalue weighted by Gasteiger charge is -2.37. The van der Waals surface area contributed by atoms with Gasteiger partial charge in [0.2, 0.25) is 0 Å². The second-order valence-corrected chi connectivity index (χ2v) is 5.30. The van der Waals surface area contributed by atoms with Crippen LogP contribution in [-0.4, -0.2) is 37.9 Å². The smallest absolute Gasteiger partial charge is 0.304 e. The third kappa shape index (κ3) is 2.97. The fourth-order valence-electron chi connectivity index (χ4n) is 2.53. The van der Waals surface area contributed by atoms with Gasteiger partial charge in [-0.05, 0) is 18.6 Å². The van der Waals surface area contributed by atoms with Crippen molar-refractivity contribution in [2.75, 3.05) is 26.3 Å². The molecule has 0 saturated carbocycles. The molecule has 3 rings (SSSR count). The first-order valence-corrected chi connectivity index (χ1v) is 7.68. The van der Waals surface area contributed by atoms with Crippen LogP contribution in [0.25, 0.3) is 0 Å². The number of fused-ring (bicyclic) bond motifs is 1. The van der Waals surface area contributed by atoms with Crippen LogP contribution in [-0.2, 0) is 4.74 Å². The number of hydrogen-bond acceptors (Lipinski definition) is 5. The number of ether oxygens (including phenoxy) is 3. The van der Waals surface area contributed by atoms with Gasteiger partial charge in [-0.25, -0.2) is 0 Å². The van der Waals surface area contributed by atoms with E-state index >= 15 is 0 Å². The number of nitrogens with one attached hydrogen (secondary N) is 1. The summed E-state index contributed by atoms with van der Waals surface area (Å²) in [7, 11) is 0. The molecule has 0 aliphatic carbocycles. The van der Waals surface area contributed by atoms with E-state index in [-0.39, 0.29) is 0 Å². The molecule has 1 aromatic rings. The van der Waals surface area contributed by atoms with Crippen molar-refractivity contribution in [2.24, 2.45) is 4.99 Å². The molecular formula is C16H22N2O3. The van der Waals surface area contributed by atoms with E-state index in [0.29, 0.717) is 19.0 Å². The van der Waals surface area contributed by atoms with Crippen molar-refractivity contribution in [3.05, 3.63) is 24.3 Å². The Kier molecular flexibility index (Phi) is 4.29. The summed E-state index contributed by atoms with van der Waals surface area (Å²) in [4.78, 5) is 4.48. The summed E-state index contributed by atoms with van der Waals surface area (Å²) in [5.74, 6) is 1.27. The number of hydrogen-bond donors (Lipinski definition) is 1. The first-order chi connectivity index (χ1) is 10.3. The fourth-order valence-corrected chi connectivity index (χ4v) is 2.53. The zero-order chi connectivity index (χ0) is 14.5. The number of unbranched alkanes of at least 4 members (excludes halogenated alkanes) is 2. The number of rotatable bonds is 6. The van der Waals surface area contributed by atoms with Crippen LogP contribution in [0.4, 0.5) is 0 Å². The summed E-state index contributed by atoms with van der Waals surface area (Å²) in [6.07, 6.45) is 3.32. The minimum atomic E-state index is -0.932. The van der Waals surface area contributed by atoms with E-state index in [0.717, 1.165) is 43.9 Å². The van der Waals surface area contributed by atoms with E-state index in [4.69, 9.17) is 14.2 Å². The average molecular weight is 290 g/mol. The van der Waals surface area contributed by atoms with Gasteiger partial charge in [-0.1, -0.05) is 31.9 Å². The molecule has 0 fully saturated rings. The summed E-state index contributed by atoms with van der Waals surface area (Å²) in [6.45, 7) is 4.71. The van der Waals surface area contributed by atoms with E-state index in [1.54, 1.807) is 0 Å². The average Bonchev–Trinajstić information content (AvgIpc) is 3.06. The molecule has 5 nitrogen and oxygen atoms in total. The zero-order valence-corrected chi connectivity index (χ0v) is 12.4. The number of aliphatic imine (C=N–C) groups is 1. The Labute approximate surface area is 125 Å². The van der Waals surface area contributed by atoms with Gasteiger partial charge in [0.05, 0.1) is 13.2 Å². The summed E-state index contributed by atoms with van der Waals surface area (Å²) < 4.78 is 18.1. The van der Waals surface area contributed by atoms with E-state index in [2.05, 4.69) is 17.2 Å². The van der Waals surface area contributed by atoms with Crippen LogP contribution in [0, 0.1) is 0 Å². The molecule has 0 saturated heterocycles. The molecule has 114 valence electrons. The van der Waals surface area contributed by atoms with Gasteiger partial charge in [-0.2, -0.15) is 0 Å². The molecule has 1 N–H and O–H groups in total. The fraction of sp³-hybridized carbons (Fsp3) is 0.562. The Bertz CT molecular complexity index is 518. The van der Waals surface area contributed by atoms with Gasteiger partial charge in [0, 0.05) is 6.54 Å². The van der Waals surface area contributed by atoms with Gasteiger partial charge in [-0.3, -0.25) is 4.99 Å². The summed E-state index contributed by atoms with van der Waals surface area (Å²) in [5, 5.41) is 3.26. The lowest BCUT2D eigenvalue weighted by molar-refractivity contribution is -0.165. The summed E-state index contributed by atoms with van der Waals surface area (Å²) >= 11 is 0. The maximum Gasteiger partial charge on any atom is 0.304 e. The first-order valence-electron chi connectivity index (χ1n) is 7.68. The molecule has 1 atom stereocenters. The monoisotopic (exact) mass is 290 g/mol. The summed E-state index contributed by atoms with van der Waals surface area (Å²) in [6, 6.07) is 7.66. The molecule has 1 aromatic carbocycles. The molecule has 0 bridgehead atoms. The van der Waals surface area contributed by atoms with Gasteiger partial charge >= 0.3 is 5.79 Å². The van der Waals surface area contributed by atoms with Crippen molar-refractivity contribution in [3.8, 4) is 11.5 Å². The molecule has 0 aromatic heterocycles. The minimum absolute atomic E-state index is 0.321. The second kappa shape index (κ2) is 6.35. The summed E-state index contributed by atoms with van der Waals surface area (Å²) in [5.41, 5.74) is 0. The Morgan fingerprint density at radius 2 is 2.14 bits per heavy atom. The van der Waals surface area contributed by atoms with Gasteiger partial charge in [0.15, 0.2) is 23.9 Å². The Balaban J connectivity index is 1.77. The maximum atomic E-state index is 6.14. The van der Waals surface area contributed by atoms with Crippen molar-refractivity contribution in [1.29, 1.82) is 0 Å². The Morgan fingerprint density at radius 1 is 1.29 bits per heavy atom. The van der Waals surface area contributed by atoms with Gasteiger partial charge in [-0.15, -0.1) is 0 Å². The molecule has 2 heterocycles. The standard InChI is InChI=1S/C16H22N2O3/c1-2-3-6-11-20-16(15-17-9-10-18-15)12-19-13-7-4-5-8-14(13)21-16/h4-5,7-8H,2-3,6,9-12H2,1H3,(H,17,18). The van der Waals surface area contributed by atoms with E-state index < -0.39 is 5.79 Å². The normalized spacial score (nSPS) is 23.6. The second-order valence-electron chi connectivity index (χ2n) is 5.30. The Morgan fingerprint density at radius 3 is 2.90 bits per heavy atom. The van der Waals surface area contributed by atoms with Crippen molar-refractivity contribution >= 4 is 5.84 Å². The lowest BCUT2D eigenvalue weighted by Crippen LogP contribution is -2.57. The van der Waals surface area contributed by atoms with Crippen LogP contribution in [0.15, 0.2) is 29.3 Å². The first kappa shape index (κ1) is 14.2. The third-order valence-electron chi connectivity index (χ3n) is 3.66. The largest absolute Gasteiger partial charge is 0.482 e. The minimum Gasteiger partial charge on any atom is -0.482 e. The van der Waals surface area contributed by atoms with Crippen LogP contribution in [0.3, 0.4) is 0 Å². The molecule has 2 aliphatic rings. The van der Waals surface area contributed by atoms with Gasteiger partial charge in [0.1, 0.15) is 0 Å². The molecule has 0 amide bonds. The van der Waals surface area contributed by atoms with Crippen LogP contribution >= 0.6 is 0 Å². The SMILES string of the molecule is CCCCCOC1(C2=NCCN2)COc2ccccc2O1. The molecule has 2 aliphatic heterocycles. The predicted molar refractivity (Wildman–Crippen MR) is 81.1 cm³/mol. The molecule has 21 heavy (non-hydrogen) atoms.